The molecule has 0 amide bonds. The van der Waals surface area contributed by atoms with Crippen LogP contribution in [0.4, 0.5) is 8.78 Å². The van der Waals surface area contributed by atoms with Gasteiger partial charge in [0.25, 0.3) is 0 Å². The fourth-order valence-electron chi connectivity index (χ4n) is 2.61. The Bertz CT molecular complexity index is 906. The van der Waals surface area contributed by atoms with E-state index in [2.05, 4.69) is 13.2 Å². The maximum absolute atomic E-state index is 14.5. The first-order chi connectivity index (χ1) is 11.6. The first-order valence-corrected chi connectivity index (χ1v) is 7.57. The standard InChI is InChI=1S/C22H16F2/c1-3-15-5-8-17(9-6-15)19-12-10-18(14-22(19)24)20-11-7-16(4-2)13-21(20)23/h3-14H,1-2H2. The van der Waals surface area contributed by atoms with Crippen LogP contribution in [0.5, 0.6) is 0 Å². The molecule has 0 aliphatic carbocycles. The number of benzene rings is 3. The van der Waals surface area contributed by atoms with Crippen LogP contribution in [-0.2, 0) is 0 Å². The van der Waals surface area contributed by atoms with Crippen LogP contribution in [0.1, 0.15) is 11.1 Å². The SMILES string of the molecule is C=Cc1ccc(-c2ccc(-c3ccc(C=C)cc3F)cc2F)cc1. The Hall–Kier alpha value is -3.00. The summed E-state index contributed by atoms with van der Waals surface area (Å²) in [6, 6.07) is 17.0. The molecule has 118 valence electrons. The van der Waals surface area contributed by atoms with Crippen molar-refractivity contribution in [3.8, 4) is 22.3 Å². The van der Waals surface area contributed by atoms with Gasteiger partial charge < -0.3 is 0 Å². The van der Waals surface area contributed by atoms with Crippen molar-refractivity contribution >= 4 is 12.2 Å². The largest absolute Gasteiger partial charge is 0.206 e. The van der Waals surface area contributed by atoms with Crippen LogP contribution < -0.4 is 0 Å². The van der Waals surface area contributed by atoms with E-state index in [0.29, 0.717) is 22.3 Å². The summed E-state index contributed by atoms with van der Waals surface area (Å²) in [4.78, 5) is 0. The van der Waals surface area contributed by atoms with E-state index in [9.17, 15) is 8.78 Å². The average molecular weight is 318 g/mol. The van der Waals surface area contributed by atoms with E-state index < -0.39 is 5.82 Å². The Morgan fingerprint density at radius 3 is 1.67 bits per heavy atom. The summed E-state index contributed by atoms with van der Waals surface area (Å²) in [5.41, 5.74) is 3.79. The number of halogens is 2. The molecule has 3 rings (SSSR count). The first kappa shape index (κ1) is 15.9. The molecule has 3 aromatic carbocycles. The Morgan fingerprint density at radius 2 is 1.08 bits per heavy atom. The maximum atomic E-state index is 14.5. The molecule has 3 aromatic rings. The van der Waals surface area contributed by atoms with Gasteiger partial charge in [0.2, 0.25) is 0 Å². The zero-order chi connectivity index (χ0) is 17.1. The summed E-state index contributed by atoms with van der Waals surface area (Å²) in [5, 5.41) is 0. The molecule has 0 heterocycles. The van der Waals surface area contributed by atoms with E-state index in [1.54, 1.807) is 36.4 Å². The fraction of sp³-hybridized carbons (Fsp3) is 0. The molecule has 0 spiro atoms. The molecule has 0 aliphatic rings. The highest BCUT2D eigenvalue weighted by Gasteiger charge is 2.10. The fourth-order valence-corrected chi connectivity index (χ4v) is 2.61. The quantitative estimate of drug-likeness (QED) is 0.509. The highest BCUT2D eigenvalue weighted by atomic mass is 19.1. The molecule has 0 atom stereocenters. The van der Waals surface area contributed by atoms with Gasteiger partial charge >= 0.3 is 0 Å². The van der Waals surface area contributed by atoms with Crippen molar-refractivity contribution < 1.29 is 8.78 Å². The van der Waals surface area contributed by atoms with Crippen LogP contribution in [-0.4, -0.2) is 0 Å². The lowest BCUT2D eigenvalue weighted by atomic mass is 9.98. The van der Waals surface area contributed by atoms with E-state index in [1.807, 2.05) is 24.3 Å². The van der Waals surface area contributed by atoms with Crippen molar-refractivity contribution in [1.29, 1.82) is 0 Å². The van der Waals surface area contributed by atoms with Crippen LogP contribution in [0.25, 0.3) is 34.4 Å². The van der Waals surface area contributed by atoms with Gasteiger partial charge in [-0.15, -0.1) is 0 Å². The minimum Gasteiger partial charge on any atom is -0.206 e. The molecule has 24 heavy (non-hydrogen) atoms. The van der Waals surface area contributed by atoms with Gasteiger partial charge in [-0.3, -0.25) is 0 Å². The van der Waals surface area contributed by atoms with Crippen molar-refractivity contribution in [2.45, 2.75) is 0 Å². The van der Waals surface area contributed by atoms with Gasteiger partial charge in [0.15, 0.2) is 0 Å². The maximum Gasteiger partial charge on any atom is 0.131 e. The molecule has 0 nitrogen and oxygen atoms in total. The predicted molar refractivity (Wildman–Crippen MR) is 97.4 cm³/mol. The summed E-state index contributed by atoms with van der Waals surface area (Å²) in [6.07, 6.45) is 3.31. The van der Waals surface area contributed by atoms with Gasteiger partial charge in [-0.1, -0.05) is 73.8 Å². The van der Waals surface area contributed by atoms with Crippen molar-refractivity contribution in [3.05, 3.63) is 96.6 Å². The second kappa shape index (κ2) is 6.63. The van der Waals surface area contributed by atoms with Crippen LogP contribution in [0.2, 0.25) is 0 Å². The van der Waals surface area contributed by atoms with E-state index in [-0.39, 0.29) is 5.82 Å². The number of hydrogen-bond acceptors (Lipinski definition) is 0. The molecule has 0 saturated carbocycles. The summed E-state index contributed by atoms with van der Waals surface area (Å²) >= 11 is 0. The lowest BCUT2D eigenvalue weighted by Crippen LogP contribution is -1.90. The van der Waals surface area contributed by atoms with Crippen LogP contribution in [0.15, 0.2) is 73.8 Å². The van der Waals surface area contributed by atoms with Crippen molar-refractivity contribution in [3.63, 3.8) is 0 Å². The topological polar surface area (TPSA) is 0 Å². The van der Waals surface area contributed by atoms with Crippen LogP contribution >= 0.6 is 0 Å². The molecule has 2 heteroatoms. The summed E-state index contributed by atoms with van der Waals surface area (Å²) in [7, 11) is 0. The van der Waals surface area contributed by atoms with Crippen LogP contribution in [0.3, 0.4) is 0 Å². The third-order valence-corrected chi connectivity index (χ3v) is 3.97. The van der Waals surface area contributed by atoms with Gasteiger partial charge in [0, 0.05) is 11.1 Å². The van der Waals surface area contributed by atoms with Crippen molar-refractivity contribution in [2.24, 2.45) is 0 Å². The highest BCUT2D eigenvalue weighted by Crippen LogP contribution is 2.30. The smallest absolute Gasteiger partial charge is 0.131 e. The average Bonchev–Trinajstić information content (AvgIpc) is 2.61. The third-order valence-electron chi connectivity index (χ3n) is 3.97. The zero-order valence-corrected chi connectivity index (χ0v) is 13.1. The Balaban J connectivity index is 2.00. The lowest BCUT2D eigenvalue weighted by Gasteiger charge is -2.09. The Morgan fingerprint density at radius 1 is 0.583 bits per heavy atom. The first-order valence-electron chi connectivity index (χ1n) is 7.57. The normalized spacial score (nSPS) is 10.4. The molecule has 0 N–H and O–H groups in total. The molecule has 0 fully saturated rings. The number of hydrogen-bond donors (Lipinski definition) is 0. The summed E-state index contributed by atoms with van der Waals surface area (Å²) in [5.74, 6) is -0.777. The molecule has 0 aromatic heterocycles. The molecule has 0 bridgehead atoms. The van der Waals surface area contributed by atoms with E-state index >= 15 is 0 Å². The molecule has 0 saturated heterocycles. The minimum atomic E-state index is -0.394. The van der Waals surface area contributed by atoms with Gasteiger partial charge in [-0.2, -0.15) is 0 Å². The summed E-state index contributed by atoms with van der Waals surface area (Å²) in [6.45, 7) is 7.31. The lowest BCUT2D eigenvalue weighted by molar-refractivity contribution is 0.626. The molecular formula is C22H16F2. The van der Waals surface area contributed by atoms with Gasteiger partial charge in [0.05, 0.1) is 0 Å². The van der Waals surface area contributed by atoms with Crippen LogP contribution in [0, 0.1) is 11.6 Å². The highest BCUT2D eigenvalue weighted by molar-refractivity contribution is 5.72. The van der Waals surface area contributed by atoms with E-state index in [4.69, 9.17) is 0 Å². The molecule has 0 radical (unpaired) electrons. The van der Waals surface area contributed by atoms with E-state index in [0.717, 1.165) is 11.1 Å². The Kier molecular flexibility index (Phi) is 4.39. The zero-order valence-electron chi connectivity index (χ0n) is 13.1. The van der Waals surface area contributed by atoms with E-state index in [1.165, 1.54) is 12.1 Å². The molecule has 0 unspecified atom stereocenters. The minimum absolute atomic E-state index is 0.369. The molecule has 0 aliphatic heterocycles. The van der Waals surface area contributed by atoms with Gasteiger partial charge in [-0.05, 0) is 34.4 Å². The Labute approximate surface area is 140 Å². The third kappa shape index (κ3) is 3.04. The summed E-state index contributed by atoms with van der Waals surface area (Å²) < 4.78 is 28.7. The second-order valence-corrected chi connectivity index (χ2v) is 5.46. The van der Waals surface area contributed by atoms with Gasteiger partial charge in [0.1, 0.15) is 11.6 Å². The monoisotopic (exact) mass is 318 g/mol. The predicted octanol–water partition coefficient (Wildman–Crippen LogP) is 6.58. The second-order valence-electron chi connectivity index (χ2n) is 5.46. The van der Waals surface area contributed by atoms with Gasteiger partial charge in [-0.25, -0.2) is 8.78 Å². The molecular weight excluding hydrogens is 302 g/mol. The van der Waals surface area contributed by atoms with Crippen molar-refractivity contribution in [1.82, 2.24) is 0 Å². The van der Waals surface area contributed by atoms with Crippen molar-refractivity contribution in [2.75, 3.05) is 0 Å². The number of rotatable bonds is 4.